The normalized spacial score (nSPS) is 13.4. The molecule has 6 heteroatoms. The Balaban J connectivity index is 2.21. The Kier molecular flexibility index (Phi) is 4.37. The van der Waals surface area contributed by atoms with E-state index in [0.29, 0.717) is 12.0 Å². The first kappa shape index (κ1) is 15.6. The molecule has 2 rings (SSSR count). The zero-order valence-corrected chi connectivity index (χ0v) is 12.0. The summed E-state index contributed by atoms with van der Waals surface area (Å²) < 4.78 is 39.8. The lowest BCUT2D eigenvalue weighted by Crippen LogP contribution is -2.15. The largest absolute Gasteiger partial charge is 0.416 e. The molecule has 1 unspecified atom stereocenters. The van der Waals surface area contributed by atoms with Gasteiger partial charge in [0.25, 0.3) is 0 Å². The summed E-state index contributed by atoms with van der Waals surface area (Å²) in [6.45, 7) is 1.98. The van der Waals surface area contributed by atoms with Crippen LogP contribution in [-0.4, -0.2) is 9.78 Å². The fourth-order valence-electron chi connectivity index (χ4n) is 2.38. The summed E-state index contributed by atoms with van der Waals surface area (Å²) in [5.41, 5.74) is 7.84. The van der Waals surface area contributed by atoms with E-state index in [1.165, 1.54) is 6.07 Å². The molecule has 0 saturated heterocycles. The Labute approximate surface area is 121 Å². The van der Waals surface area contributed by atoms with Gasteiger partial charge in [0.05, 0.1) is 11.3 Å². The maximum Gasteiger partial charge on any atom is 0.416 e. The summed E-state index contributed by atoms with van der Waals surface area (Å²) in [5, 5.41) is 4.31. The van der Waals surface area contributed by atoms with E-state index in [1.54, 1.807) is 17.8 Å². The van der Waals surface area contributed by atoms with E-state index in [2.05, 4.69) is 5.10 Å². The molecule has 114 valence electrons. The lowest BCUT2D eigenvalue weighted by Gasteiger charge is -2.13. The first-order valence-electron chi connectivity index (χ1n) is 6.75. The first-order valence-corrected chi connectivity index (χ1v) is 6.75. The third kappa shape index (κ3) is 3.64. The van der Waals surface area contributed by atoms with Gasteiger partial charge in [0, 0.05) is 24.8 Å². The van der Waals surface area contributed by atoms with Gasteiger partial charge in [-0.3, -0.25) is 4.68 Å². The predicted octanol–water partition coefficient (Wildman–Crippen LogP) is 3.24. The summed E-state index contributed by atoms with van der Waals surface area (Å²) in [5.74, 6) is 0. The summed E-state index contributed by atoms with van der Waals surface area (Å²) in [6.07, 6.45) is -1.41. The molecule has 2 N–H and O–H groups in total. The third-order valence-corrected chi connectivity index (χ3v) is 3.38. The lowest BCUT2D eigenvalue weighted by atomic mass is 9.98. The van der Waals surface area contributed by atoms with Crippen LogP contribution in [0.2, 0.25) is 0 Å². The molecule has 0 aliphatic heterocycles. The summed E-state index contributed by atoms with van der Waals surface area (Å²) in [4.78, 5) is 0. The molecule has 2 aromatic rings. The van der Waals surface area contributed by atoms with Crippen LogP contribution in [0.15, 0.2) is 30.5 Å². The van der Waals surface area contributed by atoms with Crippen molar-refractivity contribution >= 4 is 0 Å². The van der Waals surface area contributed by atoms with Gasteiger partial charge in [-0.2, -0.15) is 18.3 Å². The highest BCUT2D eigenvalue weighted by molar-refractivity contribution is 5.29. The number of benzene rings is 1. The van der Waals surface area contributed by atoms with Crippen molar-refractivity contribution in [1.82, 2.24) is 9.78 Å². The van der Waals surface area contributed by atoms with Gasteiger partial charge >= 0.3 is 6.18 Å². The minimum absolute atomic E-state index is 0.350. The second-order valence-electron chi connectivity index (χ2n) is 5.07. The van der Waals surface area contributed by atoms with Crippen LogP contribution in [0.3, 0.4) is 0 Å². The van der Waals surface area contributed by atoms with Gasteiger partial charge in [0.1, 0.15) is 0 Å². The average Bonchev–Trinajstić information content (AvgIpc) is 2.79. The molecular formula is C15H18F3N3. The molecule has 0 fully saturated rings. The van der Waals surface area contributed by atoms with Crippen molar-refractivity contribution in [1.29, 1.82) is 0 Å². The van der Waals surface area contributed by atoms with Crippen molar-refractivity contribution in [2.75, 3.05) is 0 Å². The van der Waals surface area contributed by atoms with Gasteiger partial charge in [0.15, 0.2) is 0 Å². The monoisotopic (exact) mass is 297 g/mol. The highest BCUT2D eigenvalue weighted by Gasteiger charge is 2.30. The Bertz CT molecular complexity index is 617. The molecule has 1 heterocycles. The molecule has 0 amide bonds. The third-order valence-electron chi connectivity index (χ3n) is 3.38. The number of alkyl halides is 3. The zero-order chi connectivity index (χ0) is 15.6. The van der Waals surface area contributed by atoms with E-state index in [-0.39, 0.29) is 6.04 Å². The van der Waals surface area contributed by atoms with Crippen LogP contribution in [-0.2, 0) is 26.1 Å². The zero-order valence-electron chi connectivity index (χ0n) is 12.0. The van der Waals surface area contributed by atoms with Gasteiger partial charge in [-0.15, -0.1) is 0 Å². The number of rotatable bonds is 4. The van der Waals surface area contributed by atoms with Crippen molar-refractivity contribution in [2.24, 2.45) is 12.8 Å². The van der Waals surface area contributed by atoms with Gasteiger partial charge in [-0.1, -0.05) is 25.1 Å². The molecule has 0 radical (unpaired) electrons. The molecule has 0 aliphatic rings. The second kappa shape index (κ2) is 5.89. The number of hydrogen-bond acceptors (Lipinski definition) is 2. The van der Waals surface area contributed by atoms with Crippen LogP contribution in [0.1, 0.15) is 35.3 Å². The summed E-state index contributed by atoms with van der Waals surface area (Å²) >= 11 is 0. The van der Waals surface area contributed by atoms with Gasteiger partial charge in [-0.05, 0) is 24.5 Å². The minimum Gasteiger partial charge on any atom is -0.324 e. The van der Waals surface area contributed by atoms with Crippen LogP contribution < -0.4 is 5.73 Å². The number of hydrogen-bond donors (Lipinski definition) is 1. The SMILES string of the molecule is CCc1nn(C)cc1C(N)Cc1cccc(C(F)(F)F)c1. The quantitative estimate of drug-likeness (QED) is 0.941. The van der Waals surface area contributed by atoms with E-state index in [9.17, 15) is 13.2 Å². The first-order chi connectivity index (χ1) is 9.81. The van der Waals surface area contributed by atoms with Crippen LogP contribution in [0, 0.1) is 0 Å². The molecular weight excluding hydrogens is 279 g/mol. The van der Waals surface area contributed by atoms with E-state index >= 15 is 0 Å². The summed E-state index contributed by atoms with van der Waals surface area (Å²) in [7, 11) is 1.81. The summed E-state index contributed by atoms with van der Waals surface area (Å²) in [6, 6.07) is 4.93. The molecule has 3 nitrogen and oxygen atoms in total. The smallest absolute Gasteiger partial charge is 0.324 e. The van der Waals surface area contributed by atoms with Crippen molar-refractivity contribution in [2.45, 2.75) is 32.0 Å². The van der Waals surface area contributed by atoms with Crippen LogP contribution in [0.5, 0.6) is 0 Å². The fraction of sp³-hybridized carbons (Fsp3) is 0.400. The van der Waals surface area contributed by atoms with E-state index in [4.69, 9.17) is 5.73 Å². The molecule has 1 aromatic carbocycles. The lowest BCUT2D eigenvalue weighted by molar-refractivity contribution is -0.137. The fourth-order valence-corrected chi connectivity index (χ4v) is 2.38. The molecule has 1 aromatic heterocycles. The molecule has 0 aliphatic carbocycles. The minimum atomic E-state index is -4.33. The van der Waals surface area contributed by atoms with Crippen molar-refractivity contribution in [3.05, 3.63) is 52.8 Å². The maximum atomic E-state index is 12.7. The number of aryl methyl sites for hydroxylation is 2. The van der Waals surface area contributed by atoms with E-state index in [1.807, 2.05) is 13.1 Å². The van der Waals surface area contributed by atoms with Gasteiger partial charge in [-0.25, -0.2) is 0 Å². The molecule has 0 spiro atoms. The van der Waals surface area contributed by atoms with Crippen molar-refractivity contribution in [3.63, 3.8) is 0 Å². The number of nitrogens with zero attached hydrogens (tertiary/aromatic N) is 2. The van der Waals surface area contributed by atoms with Crippen LogP contribution in [0.25, 0.3) is 0 Å². The average molecular weight is 297 g/mol. The standard InChI is InChI=1S/C15H18F3N3/c1-3-14-12(9-21(2)20-14)13(19)8-10-5-4-6-11(7-10)15(16,17)18/h4-7,9,13H,3,8,19H2,1-2H3. The second-order valence-corrected chi connectivity index (χ2v) is 5.07. The molecule has 21 heavy (non-hydrogen) atoms. The molecule has 1 atom stereocenters. The van der Waals surface area contributed by atoms with Crippen molar-refractivity contribution in [3.8, 4) is 0 Å². The van der Waals surface area contributed by atoms with Gasteiger partial charge in [0.2, 0.25) is 0 Å². The molecule has 0 saturated carbocycles. The Hall–Kier alpha value is -1.82. The number of nitrogens with two attached hydrogens (primary N) is 1. The van der Waals surface area contributed by atoms with Crippen LogP contribution in [0.4, 0.5) is 13.2 Å². The number of halogens is 3. The highest BCUT2D eigenvalue weighted by Crippen LogP contribution is 2.30. The Morgan fingerprint density at radius 2 is 2.05 bits per heavy atom. The number of aromatic nitrogens is 2. The van der Waals surface area contributed by atoms with E-state index < -0.39 is 11.7 Å². The molecule has 0 bridgehead atoms. The Morgan fingerprint density at radius 1 is 1.33 bits per heavy atom. The topological polar surface area (TPSA) is 43.8 Å². The van der Waals surface area contributed by atoms with Gasteiger partial charge < -0.3 is 5.73 Å². The Morgan fingerprint density at radius 3 is 2.67 bits per heavy atom. The highest BCUT2D eigenvalue weighted by atomic mass is 19.4. The maximum absolute atomic E-state index is 12.7. The van der Waals surface area contributed by atoms with Crippen LogP contribution >= 0.6 is 0 Å². The van der Waals surface area contributed by atoms with Crippen molar-refractivity contribution < 1.29 is 13.2 Å². The van der Waals surface area contributed by atoms with E-state index in [0.717, 1.165) is 29.8 Å². The predicted molar refractivity (Wildman–Crippen MR) is 74.7 cm³/mol.